The first-order valence-corrected chi connectivity index (χ1v) is 3.45. The van der Waals surface area contributed by atoms with Crippen molar-refractivity contribution in [3.8, 4) is 0 Å². The Morgan fingerprint density at radius 3 is 3.27 bits per heavy atom. The van der Waals surface area contributed by atoms with Gasteiger partial charge in [-0.3, -0.25) is 0 Å². The Labute approximate surface area is 68.9 Å². The molecule has 0 saturated heterocycles. The van der Waals surface area contributed by atoms with Gasteiger partial charge in [0.25, 0.3) is 5.82 Å². The van der Waals surface area contributed by atoms with E-state index in [2.05, 4.69) is 16.5 Å². The third-order valence-electron chi connectivity index (χ3n) is 1.52. The summed E-state index contributed by atoms with van der Waals surface area (Å²) in [6, 6.07) is 0. The fourth-order valence-electron chi connectivity index (χ4n) is 0.939. The van der Waals surface area contributed by atoms with Gasteiger partial charge in [0, 0.05) is 0 Å². The number of nitrogens with two attached hydrogens (primary N) is 1. The Hall–Kier alpha value is -1.31. The summed E-state index contributed by atoms with van der Waals surface area (Å²) in [6.45, 7) is 0. The van der Waals surface area contributed by atoms with E-state index in [1.54, 1.807) is 6.08 Å². The van der Waals surface area contributed by atoms with Crippen LogP contribution in [0.25, 0.3) is 6.08 Å². The van der Waals surface area contributed by atoms with Crippen molar-refractivity contribution in [1.29, 1.82) is 0 Å². The van der Waals surface area contributed by atoms with Crippen molar-refractivity contribution in [2.75, 3.05) is 11.1 Å². The van der Waals surface area contributed by atoms with Crippen molar-refractivity contribution in [1.82, 2.24) is 4.98 Å². The van der Waals surface area contributed by atoms with Crippen molar-refractivity contribution in [2.24, 2.45) is 0 Å². The topological polar surface area (TPSA) is 50.9 Å². The standard InChI is InChI=1S/C7H5ClN3/c8-5-3-11-7-4(6(5)9)1-2-10-7/h1,3H,(H3,9,10,11)/q+1. The molecule has 0 amide bonds. The van der Waals surface area contributed by atoms with Gasteiger partial charge in [-0.25, -0.2) is 0 Å². The number of hydrogen-bond donors (Lipinski definition) is 2. The lowest BCUT2D eigenvalue weighted by molar-refractivity contribution is 1.31. The van der Waals surface area contributed by atoms with Crippen LogP contribution in [-0.2, 0) is 0 Å². The van der Waals surface area contributed by atoms with Crippen LogP contribution in [0.2, 0.25) is 5.02 Å². The highest BCUT2D eigenvalue weighted by molar-refractivity contribution is 6.33. The fourth-order valence-corrected chi connectivity index (χ4v) is 1.09. The number of halogens is 1. The van der Waals surface area contributed by atoms with Gasteiger partial charge in [0.05, 0.1) is 11.2 Å². The minimum absolute atomic E-state index is 0.477. The fraction of sp³-hybridized carbons (Fsp3) is 0. The van der Waals surface area contributed by atoms with Gasteiger partial charge in [0.2, 0.25) is 0 Å². The lowest BCUT2D eigenvalue weighted by Gasteiger charge is -1.93. The van der Waals surface area contributed by atoms with Crippen molar-refractivity contribution in [3.63, 3.8) is 0 Å². The molecule has 0 radical (unpaired) electrons. The second-order valence-corrected chi connectivity index (χ2v) is 2.60. The summed E-state index contributed by atoms with van der Waals surface area (Å²) in [5.41, 5.74) is 7.02. The predicted octanol–water partition coefficient (Wildman–Crippen LogP) is 1.52. The van der Waals surface area contributed by atoms with Crippen LogP contribution in [0.1, 0.15) is 5.56 Å². The molecule has 0 aromatic carbocycles. The third kappa shape index (κ3) is 0.827. The summed E-state index contributed by atoms with van der Waals surface area (Å²) in [6.07, 6.45) is 6.02. The van der Waals surface area contributed by atoms with E-state index in [0.717, 1.165) is 5.56 Å². The molecule has 0 saturated carbocycles. The third-order valence-corrected chi connectivity index (χ3v) is 1.82. The quantitative estimate of drug-likeness (QED) is 0.575. The maximum absolute atomic E-state index is 5.73. The molecule has 2 heterocycles. The van der Waals surface area contributed by atoms with Gasteiger partial charge in [0.1, 0.15) is 18.0 Å². The molecule has 54 valence electrons. The molecule has 0 atom stereocenters. The molecule has 11 heavy (non-hydrogen) atoms. The van der Waals surface area contributed by atoms with Gasteiger partial charge < -0.3 is 5.73 Å². The molecular formula is C7H5ClN3+. The Kier molecular flexibility index (Phi) is 1.22. The average molecular weight is 167 g/mol. The number of nitrogen functional groups attached to an aromatic ring is 1. The number of hydrogen-bond acceptors (Lipinski definition) is 3. The number of aromatic nitrogens is 1. The number of pyridine rings is 1. The first-order chi connectivity index (χ1) is 5.29. The zero-order valence-electron chi connectivity index (χ0n) is 5.56. The molecule has 1 aliphatic heterocycles. The summed E-state index contributed by atoms with van der Waals surface area (Å²) in [4.78, 5) is 4.00. The van der Waals surface area contributed by atoms with E-state index in [9.17, 15) is 0 Å². The van der Waals surface area contributed by atoms with Crippen LogP contribution in [0.15, 0.2) is 6.20 Å². The predicted molar refractivity (Wildman–Crippen MR) is 45.0 cm³/mol. The smallest absolute Gasteiger partial charge is 0.295 e. The van der Waals surface area contributed by atoms with E-state index in [1.165, 1.54) is 6.20 Å². The van der Waals surface area contributed by atoms with Crippen LogP contribution >= 0.6 is 11.6 Å². The van der Waals surface area contributed by atoms with E-state index in [0.29, 0.717) is 16.5 Å². The average Bonchev–Trinajstić information content (AvgIpc) is 2.45. The highest BCUT2D eigenvalue weighted by Crippen LogP contribution is 2.30. The largest absolute Gasteiger partial charge is 0.385 e. The van der Waals surface area contributed by atoms with Gasteiger partial charge >= 0.3 is 0 Å². The van der Waals surface area contributed by atoms with E-state index in [1.807, 2.05) is 0 Å². The lowest BCUT2D eigenvalue weighted by Crippen LogP contribution is -1.94. The number of anilines is 2. The van der Waals surface area contributed by atoms with E-state index in [-0.39, 0.29) is 0 Å². The first-order valence-electron chi connectivity index (χ1n) is 3.08. The number of fused-ring (bicyclic) bond motifs is 1. The summed E-state index contributed by atoms with van der Waals surface area (Å²) >= 11 is 5.73. The lowest BCUT2D eigenvalue weighted by atomic mass is 10.2. The van der Waals surface area contributed by atoms with Crippen molar-refractivity contribution >= 4 is 29.2 Å². The van der Waals surface area contributed by atoms with Crippen molar-refractivity contribution in [2.45, 2.75) is 0 Å². The van der Waals surface area contributed by atoms with Crippen molar-refractivity contribution in [3.05, 3.63) is 23.0 Å². The van der Waals surface area contributed by atoms with Crippen LogP contribution < -0.4 is 11.1 Å². The Balaban J connectivity index is 2.70. The Morgan fingerprint density at radius 1 is 1.64 bits per heavy atom. The van der Waals surface area contributed by atoms with Crippen LogP contribution in [-0.4, -0.2) is 4.98 Å². The second-order valence-electron chi connectivity index (χ2n) is 2.20. The highest BCUT2D eigenvalue weighted by Gasteiger charge is 2.22. The minimum Gasteiger partial charge on any atom is -0.385 e. The molecule has 2 rings (SSSR count). The normalized spacial score (nSPS) is 12.1. The van der Waals surface area contributed by atoms with E-state index < -0.39 is 0 Å². The highest BCUT2D eigenvalue weighted by atomic mass is 35.5. The second kappa shape index (κ2) is 2.09. The molecule has 1 aromatic rings. The molecule has 0 spiro atoms. The molecule has 0 bridgehead atoms. The van der Waals surface area contributed by atoms with Gasteiger partial charge in [-0.1, -0.05) is 11.6 Å². The van der Waals surface area contributed by atoms with Gasteiger partial charge in [-0.05, 0) is 0 Å². The maximum atomic E-state index is 5.73. The molecule has 0 aliphatic carbocycles. The summed E-state index contributed by atoms with van der Waals surface area (Å²) in [5.74, 6) is 0.715. The SMILES string of the molecule is Nc1c(Cl)cnc2c1C=[C+]N2. The molecule has 1 aromatic heterocycles. The first kappa shape index (κ1) is 6.40. The minimum atomic E-state index is 0.477. The Morgan fingerprint density at radius 2 is 2.45 bits per heavy atom. The molecule has 3 nitrogen and oxygen atoms in total. The number of rotatable bonds is 0. The molecule has 4 heteroatoms. The zero-order valence-corrected chi connectivity index (χ0v) is 6.31. The van der Waals surface area contributed by atoms with Crippen LogP contribution in [0, 0.1) is 6.20 Å². The monoisotopic (exact) mass is 166 g/mol. The zero-order chi connectivity index (χ0) is 7.84. The number of nitrogens with one attached hydrogen (secondary N) is 1. The molecule has 1 aliphatic rings. The molecule has 0 unspecified atom stereocenters. The Bertz CT molecular complexity index is 333. The summed E-state index contributed by atoms with van der Waals surface area (Å²) < 4.78 is 0. The van der Waals surface area contributed by atoms with E-state index in [4.69, 9.17) is 17.3 Å². The molecular weight excluding hydrogens is 162 g/mol. The molecule has 0 fully saturated rings. The van der Waals surface area contributed by atoms with E-state index >= 15 is 0 Å². The van der Waals surface area contributed by atoms with Gasteiger partial charge in [-0.2, -0.15) is 10.3 Å². The van der Waals surface area contributed by atoms with Gasteiger partial charge in [-0.15, -0.1) is 0 Å². The van der Waals surface area contributed by atoms with Crippen LogP contribution in [0.4, 0.5) is 11.5 Å². The van der Waals surface area contributed by atoms with Crippen LogP contribution in [0.5, 0.6) is 0 Å². The number of nitrogens with zero attached hydrogens (tertiary/aromatic N) is 1. The summed E-state index contributed by atoms with van der Waals surface area (Å²) in [5, 5.41) is 3.29. The molecule has 3 N–H and O–H groups in total. The summed E-state index contributed by atoms with van der Waals surface area (Å²) in [7, 11) is 0. The van der Waals surface area contributed by atoms with Crippen LogP contribution in [0.3, 0.4) is 0 Å². The van der Waals surface area contributed by atoms with Crippen molar-refractivity contribution < 1.29 is 0 Å². The van der Waals surface area contributed by atoms with Gasteiger partial charge in [0.15, 0.2) is 5.56 Å². The maximum Gasteiger partial charge on any atom is 0.295 e.